The highest BCUT2D eigenvalue weighted by Crippen LogP contribution is 2.34. The van der Waals surface area contributed by atoms with Gasteiger partial charge in [-0.25, -0.2) is 9.97 Å². The van der Waals surface area contributed by atoms with Crippen molar-refractivity contribution in [2.75, 3.05) is 11.4 Å². The van der Waals surface area contributed by atoms with Gasteiger partial charge in [-0.2, -0.15) is 10.1 Å². The van der Waals surface area contributed by atoms with E-state index < -0.39 is 0 Å². The van der Waals surface area contributed by atoms with Crippen molar-refractivity contribution < 1.29 is 4.52 Å². The van der Waals surface area contributed by atoms with Gasteiger partial charge in [0.2, 0.25) is 11.8 Å². The number of nitrogens with zero attached hydrogens (tertiary/aromatic N) is 7. The molecule has 3 aromatic heterocycles. The van der Waals surface area contributed by atoms with Crippen LogP contribution in [0.5, 0.6) is 0 Å². The maximum atomic E-state index is 5.39. The van der Waals surface area contributed by atoms with E-state index in [0.29, 0.717) is 17.7 Å². The molecule has 8 nitrogen and oxygen atoms in total. The van der Waals surface area contributed by atoms with Crippen LogP contribution in [0.25, 0.3) is 11.3 Å². The van der Waals surface area contributed by atoms with Crippen LogP contribution in [-0.2, 0) is 6.54 Å². The lowest BCUT2D eigenvalue weighted by Gasteiger charge is -2.21. The van der Waals surface area contributed by atoms with Crippen LogP contribution in [0.15, 0.2) is 23.0 Å². The summed E-state index contributed by atoms with van der Waals surface area (Å²) in [4.78, 5) is 15.9. The average molecular weight is 353 g/mol. The summed E-state index contributed by atoms with van der Waals surface area (Å²) in [7, 11) is 0. The lowest BCUT2D eigenvalue weighted by Crippen LogP contribution is -2.25. The van der Waals surface area contributed by atoms with E-state index in [1.807, 2.05) is 30.8 Å². The van der Waals surface area contributed by atoms with Crippen molar-refractivity contribution in [3.05, 3.63) is 35.9 Å². The Labute approximate surface area is 152 Å². The molecular formula is C18H23N7O. The highest BCUT2D eigenvalue weighted by Gasteiger charge is 2.32. The van der Waals surface area contributed by atoms with E-state index in [4.69, 9.17) is 9.51 Å². The minimum atomic E-state index is 0.0374. The molecule has 3 aromatic rings. The molecule has 0 amide bonds. The van der Waals surface area contributed by atoms with Gasteiger partial charge < -0.3 is 9.42 Å². The SMILES string of the molecule is CCCn1cc(-c2ccnc(N3CCCC3c3nc(C)no3)n2)c(C)n1. The van der Waals surface area contributed by atoms with Crippen LogP contribution in [0, 0.1) is 13.8 Å². The molecule has 1 unspecified atom stereocenters. The fourth-order valence-corrected chi connectivity index (χ4v) is 3.46. The van der Waals surface area contributed by atoms with Crippen molar-refractivity contribution in [3.8, 4) is 11.3 Å². The molecular weight excluding hydrogens is 330 g/mol. The van der Waals surface area contributed by atoms with Gasteiger partial charge >= 0.3 is 0 Å². The van der Waals surface area contributed by atoms with Crippen molar-refractivity contribution >= 4 is 5.95 Å². The molecule has 4 rings (SSSR count). The molecule has 26 heavy (non-hydrogen) atoms. The normalized spacial score (nSPS) is 17.2. The standard InChI is InChI=1S/C18H23N7O/c1-4-9-24-11-14(12(2)22-24)15-7-8-19-18(21-15)25-10-5-6-16(25)17-20-13(3)23-26-17/h7-8,11,16H,4-6,9-10H2,1-3H3. The van der Waals surface area contributed by atoms with Crippen molar-refractivity contribution in [1.29, 1.82) is 0 Å². The second kappa shape index (κ2) is 6.86. The number of hydrogen-bond donors (Lipinski definition) is 0. The summed E-state index contributed by atoms with van der Waals surface area (Å²) in [6.07, 6.45) is 6.93. The monoisotopic (exact) mass is 353 g/mol. The third kappa shape index (κ3) is 3.07. The number of anilines is 1. The second-order valence-corrected chi connectivity index (χ2v) is 6.66. The molecule has 136 valence electrons. The van der Waals surface area contributed by atoms with Crippen molar-refractivity contribution in [1.82, 2.24) is 29.9 Å². The summed E-state index contributed by atoms with van der Waals surface area (Å²) in [6, 6.07) is 1.97. The van der Waals surface area contributed by atoms with Crippen LogP contribution in [0.2, 0.25) is 0 Å². The first-order chi connectivity index (χ1) is 12.7. The minimum absolute atomic E-state index is 0.0374. The summed E-state index contributed by atoms with van der Waals surface area (Å²) in [5, 5.41) is 8.50. The van der Waals surface area contributed by atoms with Gasteiger partial charge in [0.25, 0.3) is 0 Å². The zero-order valence-corrected chi connectivity index (χ0v) is 15.4. The van der Waals surface area contributed by atoms with E-state index in [1.165, 1.54) is 0 Å². The maximum absolute atomic E-state index is 5.39. The summed E-state index contributed by atoms with van der Waals surface area (Å²) in [5.74, 6) is 1.99. The Morgan fingerprint density at radius 1 is 1.27 bits per heavy atom. The Hall–Kier alpha value is -2.77. The third-order valence-electron chi connectivity index (χ3n) is 4.66. The van der Waals surface area contributed by atoms with E-state index in [1.54, 1.807) is 0 Å². The number of rotatable bonds is 5. The topological polar surface area (TPSA) is 85.8 Å². The predicted molar refractivity (Wildman–Crippen MR) is 96.6 cm³/mol. The Bertz CT molecular complexity index is 901. The first-order valence-corrected chi connectivity index (χ1v) is 9.10. The van der Waals surface area contributed by atoms with Gasteiger partial charge in [-0.3, -0.25) is 4.68 Å². The van der Waals surface area contributed by atoms with Crippen LogP contribution < -0.4 is 4.90 Å². The van der Waals surface area contributed by atoms with Crippen molar-refractivity contribution in [3.63, 3.8) is 0 Å². The zero-order chi connectivity index (χ0) is 18.1. The van der Waals surface area contributed by atoms with Gasteiger partial charge in [0.05, 0.1) is 11.4 Å². The zero-order valence-electron chi connectivity index (χ0n) is 15.4. The Morgan fingerprint density at radius 2 is 2.15 bits per heavy atom. The largest absolute Gasteiger partial charge is 0.337 e. The van der Waals surface area contributed by atoms with E-state index in [0.717, 1.165) is 49.3 Å². The van der Waals surface area contributed by atoms with Crippen LogP contribution in [0.3, 0.4) is 0 Å². The fourth-order valence-electron chi connectivity index (χ4n) is 3.46. The lowest BCUT2D eigenvalue weighted by atomic mass is 10.2. The van der Waals surface area contributed by atoms with Crippen molar-refractivity contribution in [2.24, 2.45) is 0 Å². The van der Waals surface area contributed by atoms with E-state index in [-0.39, 0.29) is 6.04 Å². The van der Waals surface area contributed by atoms with Gasteiger partial charge in [0.15, 0.2) is 5.82 Å². The van der Waals surface area contributed by atoms with Gasteiger partial charge in [-0.05, 0) is 39.2 Å². The molecule has 0 radical (unpaired) electrons. The Morgan fingerprint density at radius 3 is 2.92 bits per heavy atom. The molecule has 1 atom stereocenters. The predicted octanol–water partition coefficient (Wildman–Crippen LogP) is 3.09. The summed E-state index contributed by atoms with van der Waals surface area (Å²) < 4.78 is 7.37. The van der Waals surface area contributed by atoms with Crippen LogP contribution in [0.4, 0.5) is 5.95 Å². The van der Waals surface area contributed by atoms with Crippen LogP contribution >= 0.6 is 0 Å². The summed E-state index contributed by atoms with van der Waals surface area (Å²) in [6.45, 7) is 7.78. The highest BCUT2D eigenvalue weighted by molar-refractivity contribution is 5.62. The first kappa shape index (κ1) is 16.7. The van der Waals surface area contributed by atoms with Gasteiger partial charge in [0.1, 0.15) is 6.04 Å². The quantitative estimate of drug-likeness (QED) is 0.696. The third-order valence-corrected chi connectivity index (χ3v) is 4.66. The molecule has 1 saturated heterocycles. The lowest BCUT2D eigenvalue weighted by molar-refractivity contribution is 0.351. The first-order valence-electron chi connectivity index (χ1n) is 9.10. The van der Waals surface area contributed by atoms with Crippen molar-refractivity contribution in [2.45, 2.75) is 52.6 Å². The summed E-state index contributed by atoms with van der Waals surface area (Å²) in [5.41, 5.74) is 2.92. The molecule has 1 aliphatic rings. The second-order valence-electron chi connectivity index (χ2n) is 6.66. The van der Waals surface area contributed by atoms with Gasteiger partial charge in [-0.1, -0.05) is 12.1 Å². The minimum Gasteiger partial charge on any atom is -0.337 e. The Balaban J connectivity index is 1.65. The molecule has 1 fully saturated rings. The number of hydrogen-bond acceptors (Lipinski definition) is 7. The molecule has 0 aromatic carbocycles. The van der Waals surface area contributed by atoms with Crippen LogP contribution in [-0.4, -0.2) is 36.4 Å². The van der Waals surface area contributed by atoms with E-state index in [9.17, 15) is 0 Å². The molecule has 0 aliphatic carbocycles. The van der Waals surface area contributed by atoms with E-state index >= 15 is 0 Å². The molecule has 0 spiro atoms. The Kier molecular flexibility index (Phi) is 4.40. The molecule has 4 heterocycles. The molecule has 1 aliphatic heterocycles. The van der Waals surface area contributed by atoms with Crippen LogP contribution in [0.1, 0.15) is 49.6 Å². The smallest absolute Gasteiger partial charge is 0.249 e. The molecule has 0 N–H and O–H groups in total. The number of aromatic nitrogens is 6. The number of aryl methyl sites for hydroxylation is 3. The maximum Gasteiger partial charge on any atom is 0.249 e. The summed E-state index contributed by atoms with van der Waals surface area (Å²) >= 11 is 0. The molecule has 0 bridgehead atoms. The molecule has 0 saturated carbocycles. The highest BCUT2D eigenvalue weighted by atomic mass is 16.5. The van der Waals surface area contributed by atoms with Gasteiger partial charge in [0, 0.05) is 31.0 Å². The fraction of sp³-hybridized carbons (Fsp3) is 0.500. The average Bonchev–Trinajstić information content (AvgIpc) is 3.35. The molecule has 8 heteroatoms. The van der Waals surface area contributed by atoms with Gasteiger partial charge in [-0.15, -0.1) is 0 Å². The van der Waals surface area contributed by atoms with E-state index in [2.05, 4.69) is 38.2 Å².